The number of carbonyl (C=O) groups excluding carboxylic acids is 2. The molecule has 0 aliphatic carbocycles. The Bertz CT molecular complexity index is 860. The number of rotatable bonds is 6. The molecule has 3 rings (SSSR count). The molecular formula is C22H28ClN3O3. The predicted molar refractivity (Wildman–Crippen MR) is 117 cm³/mol. The lowest BCUT2D eigenvalue weighted by Gasteiger charge is -2.29. The standard InChI is InChI=1S/C22H27N3O3.ClH/c1-22(2,13-23)14-25(3)21(27)16-8-6-9-17(11-16)24-20(26)19-12-15-7-4-5-10-18(15)28-19;/h4-11,19H,12-14,23H2,1-3H3,(H,24,26);1H. The van der Waals surface area contributed by atoms with Crippen LogP contribution in [0.4, 0.5) is 5.69 Å². The Hall–Kier alpha value is -2.57. The van der Waals surface area contributed by atoms with Gasteiger partial charge in [-0.3, -0.25) is 9.59 Å². The Labute approximate surface area is 177 Å². The topological polar surface area (TPSA) is 84.7 Å². The number of hydrogen-bond acceptors (Lipinski definition) is 4. The van der Waals surface area contributed by atoms with Gasteiger partial charge < -0.3 is 20.7 Å². The molecule has 156 valence electrons. The Morgan fingerprint density at radius 1 is 1.21 bits per heavy atom. The summed E-state index contributed by atoms with van der Waals surface area (Å²) < 4.78 is 5.72. The van der Waals surface area contributed by atoms with Crippen LogP contribution in [0.25, 0.3) is 0 Å². The molecule has 0 spiro atoms. The molecule has 1 aliphatic heterocycles. The molecule has 2 aromatic carbocycles. The summed E-state index contributed by atoms with van der Waals surface area (Å²) in [5.74, 6) is 0.413. The van der Waals surface area contributed by atoms with Gasteiger partial charge in [0.05, 0.1) is 0 Å². The summed E-state index contributed by atoms with van der Waals surface area (Å²) in [5.41, 5.74) is 7.72. The van der Waals surface area contributed by atoms with Gasteiger partial charge in [0.15, 0.2) is 6.10 Å². The highest BCUT2D eigenvalue weighted by Gasteiger charge is 2.29. The van der Waals surface area contributed by atoms with Crippen molar-refractivity contribution in [3.8, 4) is 5.75 Å². The third-order valence-corrected chi connectivity index (χ3v) is 4.88. The van der Waals surface area contributed by atoms with Crippen molar-refractivity contribution in [3.63, 3.8) is 0 Å². The second-order valence-electron chi connectivity index (χ2n) is 8.02. The van der Waals surface area contributed by atoms with Crippen LogP contribution in [-0.2, 0) is 11.2 Å². The summed E-state index contributed by atoms with van der Waals surface area (Å²) in [6.07, 6.45) is -0.0258. The van der Waals surface area contributed by atoms with Crippen molar-refractivity contribution in [2.24, 2.45) is 11.1 Å². The minimum atomic E-state index is -0.565. The van der Waals surface area contributed by atoms with Gasteiger partial charge in [-0.2, -0.15) is 0 Å². The molecule has 0 bridgehead atoms. The lowest BCUT2D eigenvalue weighted by Crippen LogP contribution is -2.39. The largest absolute Gasteiger partial charge is 0.480 e. The van der Waals surface area contributed by atoms with Gasteiger partial charge in [-0.1, -0.05) is 38.1 Å². The van der Waals surface area contributed by atoms with Crippen LogP contribution in [0.1, 0.15) is 29.8 Å². The van der Waals surface area contributed by atoms with Gasteiger partial charge in [0.25, 0.3) is 11.8 Å². The fourth-order valence-electron chi connectivity index (χ4n) is 3.28. The highest BCUT2D eigenvalue weighted by atomic mass is 35.5. The van der Waals surface area contributed by atoms with Gasteiger partial charge in [-0.25, -0.2) is 0 Å². The van der Waals surface area contributed by atoms with Crippen LogP contribution in [0.2, 0.25) is 0 Å². The molecule has 29 heavy (non-hydrogen) atoms. The first kappa shape index (κ1) is 22.7. The number of ether oxygens (including phenoxy) is 1. The van der Waals surface area contributed by atoms with Gasteiger partial charge in [-0.05, 0) is 41.8 Å². The molecule has 7 heteroatoms. The molecule has 1 aliphatic rings. The summed E-state index contributed by atoms with van der Waals surface area (Å²) in [7, 11) is 1.76. The summed E-state index contributed by atoms with van der Waals surface area (Å²) in [4.78, 5) is 27.0. The maximum atomic E-state index is 12.7. The number of anilines is 1. The van der Waals surface area contributed by atoms with Crippen LogP contribution < -0.4 is 15.8 Å². The van der Waals surface area contributed by atoms with Crippen molar-refractivity contribution in [1.29, 1.82) is 0 Å². The highest BCUT2D eigenvalue weighted by molar-refractivity contribution is 5.98. The van der Waals surface area contributed by atoms with Gasteiger partial charge in [0.1, 0.15) is 5.75 Å². The molecule has 0 saturated carbocycles. The van der Waals surface area contributed by atoms with E-state index in [0.29, 0.717) is 30.8 Å². The first-order valence-electron chi connectivity index (χ1n) is 9.40. The van der Waals surface area contributed by atoms with Crippen molar-refractivity contribution < 1.29 is 14.3 Å². The number of hydrogen-bond donors (Lipinski definition) is 2. The Kier molecular flexibility index (Phi) is 7.27. The lowest BCUT2D eigenvalue weighted by atomic mass is 9.93. The fourth-order valence-corrected chi connectivity index (χ4v) is 3.28. The number of para-hydroxylation sites is 1. The van der Waals surface area contributed by atoms with Crippen LogP contribution >= 0.6 is 12.4 Å². The van der Waals surface area contributed by atoms with E-state index >= 15 is 0 Å². The smallest absolute Gasteiger partial charge is 0.265 e. The van der Waals surface area contributed by atoms with Crippen LogP contribution in [0, 0.1) is 5.41 Å². The Balaban J connectivity index is 0.00000300. The monoisotopic (exact) mass is 417 g/mol. The number of nitrogens with zero attached hydrogens (tertiary/aromatic N) is 1. The summed E-state index contributed by atoms with van der Waals surface area (Å²) >= 11 is 0. The third kappa shape index (κ3) is 5.49. The van der Waals surface area contributed by atoms with Crippen molar-refractivity contribution >= 4 is 29.9 Å². The highest BCUT2D eigenvalue weighted by Crippen LogP contribution is 2.28. The van der Waals surface area contributed by atoms with Gasteiger partial charge in [-0.15, -0.1) is 12.4 Å². The van der Waals surface area contributed by atoms with Gasteiger partial charge in [0, 0.05) is 31.3 Å². The van der Waals surface area contributed by atoms with E-state index in [-0.39, 0.29) is 29.6 Å². The van der Waals surface area contributed by atoms with Gasteiger partial charge >= 0.3 is 0 Å². The number of benzene rings is 2. The first-order chi connectivity index (χ1) is 13.3. The normalized spacial score (nSPS) is 15.0. The van der Waals surface area contributed by atoms with Crippen LogP contribution in [0.15, 0.2) is 48.5 Å². The number of amides is 2. The van der Waals surface area contributed by atoms with E-state index in [4.69, 9.17) is 10.5 Å². The van der Waals surface area contributed by atoms with E-state index in [9.17, 15) is 9.59 Å². The van der Waals surface area contributed by atoms with E-state index in [1.54, 1.807) is 36.2 Å². The zero-order valence-corrected chi connectivity index (χ0v) is 17.8. The van der Waals surface area contributed by atoms with E-state index < -0.39 is 6.10 Å². The second kappa shape index (κ2) is 9.29. The summed E-state index contributed by atoms with van der Waals surface area (Å²) in [6.45, 7) is 5.08. The molecular weight excluding hydrogens is 390 g/mol. The summed E-state index contributed by atoms with van der Waals surface area (Å²) in [5, 5.41) is 2.86. The maximum Gasteiger partial charge on any atom is 0.265 e. The minimum Gasteiger partial charge on any atom is -0.480 e. The van der Waals surface area contributed by atoms with Crippen LogP contribution in [-0.4, -0.2) is 43.0 Å². The van der Waals surface area contributed by atoms with Crippen LogP contribution in [0.3, 0.4) is 0 Å². The average molecular weight is 418 g/mol. The predicted octanol–water partition coefficient (Wildman–Crippen LogP) is 3.11. The van der Waals surface area contributed by atoms with E-state index in [0.717, 1.165) is 11.3 Å². The molecule has 0 fully saturated rings. The number of nitrogens with one attached hydrogen (secondary N) is 1. The number of fused-ring (bicyclic) bond motifs is 1. The zero-order valence-electron chi connectivity index (χ0n) is 17.0. The van der Waals surface area contributed by atoms with E-state index in [1.165, 1.54) is 0 Å². The number of carbonyl (C=O) groups is 2. The fraction of sp³-hybridized carbons (Fsp3) is 0.364. The lowest BCUT2D eigenvalue weighted by molar-refractivity contribution is -0.122. The maximum absolute atomic E-state index is 12.7. The third-order valence-electron chi connectivity index (χ3n) is 4.88. The Morgan fingerprint density at radius 2 is 1.93 bits per heavy atom. The second-order valence-corrected chi connectivity index (χ2v) is 8.02. The van der Waals surface area contributed by atoms with Crippen molar-refractivity contribution in [2.45, 2.75) is 26.4 Å². The summed E-state index contributed by atoms with van der Waals surface area (Å²) in [6, 6.07) is 14.6. The number of nitrogens with two attached hydrogens (primary N) is 1. The molecule has 0 aromatic heterocycles. The van der Waals surface area contributed by atoms with E-state index in [1.807, 2.05) is 38.1 Å². The SMILES string of the molecule is CN(CC(C)(C)CN)C(=O)c1cccc(NC(=O)C2Cc3ccccc3O2)c1.Cl. The van der Waals surface area contributed by atoms with Gasteiger partial charge in [0.2, 0.25) is 0 Å². The number of halogens is 1. The average Bonchev–Trinajstić information content (AvgIpc) is 3.11. The van der Waals surface area contributed by atoms with Crippen LogP contribution in [0.5, 0.6) is 5.75 Å². The van der Waals surface area contributed by atoms with Crippen molar-refractivity contribution in [1.82, 2.24) is 4.90 Å². The van der Waals surface area contributed by atoms with E-state index in [2.05, 4.69) is 5.32 Å². The molecule has 6 nitrogen and oxygen atoms in total. The Morgan fingerprint density at radius 3 is 2.62 bits per heavy atom. The zero-order chi connectivity index (χ0) is 20.3. The molecule has 3 N–H and O–H groups in total. The quantitative estimate of drug-likeness (QED) is 0.756. The molecule has 1 atom stereocenters. The molecule has 1 heterocycles. The molecule has 2 amide bonds. The molecule has 0 radical (unpaired) electrons. The minimum absolute atomic E-state index is 0. The molecule has 0 saturated heterocycles. The van der Waals surface area contributed by atoms with Crippen molar-refractivity contribution in [2.75, 3.05) is 25.5 Å². The first-order valence-corrected chi connectivity index (χ1v) is 9.40. The van der Waals surface area contributed by atoms with Crippen molar-refractivity contribution in [3.05, 3.63) is 59.7 Å². The molecule has 2 aromatic rings. The molecule has 1 unspecified atom stereocenters.